The van der Waals surface area contributed by atoms with Crippen LogP contribution in [0, 0.1) is 0 Å². The Labute approximate surface area is 422 Å². The topological polar surface area (TPSA) is 246 Å². The number of halogens is 3. The maximum atomic E-state index is 12.4. The van der Waals surface area contributed by atoms with E-state index in [2.05, 4.69) is 20.7 Å². The highest BCUT2D eigenvalue weighted by Crippen LogP contribution is 2.22. The number of hydrogen-bond acceptors (Lipinski definition) is 15. The van der Waals surface area contributed by atoms with Gasteiger partial charge in [-0.05, 0) is 145 Å². The fourth-order valence-electron chi connectivity index (χ4n) is 5.38. The van der Waals surface area contributed by atoms with Gasteiger partial charge in [-0.3, -0.25) is 19.2 Å². The van der Waals surface area contributed by atoms with Crippen molar-refractivity contribution in [2.24, 2.45) is 5.73 Å². The van der Waals surface area contributed by atoms with Crippen LogP contribution in [0.25, 0.3) is 0 Å². The van der Waals surface area contributed by atoms with E-state index in [0.717, 1.165) is 11.1 Å². The Morgan fingerprint density at radius 3 is 1.24 bits per heavy atom. The van der Waals surface area contributed by atoms with Crippen LogP contribution >= 0.6 is 35.6 Å². The highest BCUT2D eigenvalue weighted by molar-refractivity contribution is 6.31. The minimum absolute atomic E-state index is 0. The minimum Gasteiger partial charge on any atom is -0.476 e. The van der Waals surface area contributed by atoms with Crippen LogP contribution in [0.2, 0.25) is 10.0 Å². The Balaban J connectivity index is 0.000000483. The minimum atomic E-state index is -1.37. The van der Waals surface area contributed by atoms with Crippen molar-refractivity contribution in [2.75, 3.05) is 39.8 Å². The lowest BCUT2D eigenvalue weighted by Crippen LogP contribution is -2.40. The summed E-state index contributed by atoms with van der Waals surface area (Å²) in [5, 5.41) is 9.08. The monoisotopic (exact) mass is 1030 g/mol. The number of benzene rings is 4. The van der Waals surface area contributed by atoms with Gasteiger partial charge in [0.2, 0.25) is 13.6 Å². The van der Waals surface area contributed by atoms with Crippen molar-refractivity contribution in [2.45, 2.75) is 78.1 Å². The van der Waals surface area contributed by atoms with Crippen molar-refractivity contribution in [1.82, 2.24) is 16.0 Å². The first-order chi connectivity index (χ1) is 32.5. The van der Waals surface area contributed by atoms with Crippen LogP contribution in [-0.2, 0) is 55.7 Å². The molecule has 0 fully saturated rings. The zero-order valence-electron chi connectivity index (χ0n) is 39.9. The number of nitrogens with one attached hydrogen (secondary N) is 3. The molecule has 0 saturated heterocycles. The normalized spacial score (nSPS) is 10.9. The van der Waals surface area contributed by atoms with Gasteiger partial charge in [0.25, 0.3) is 11.8 Å². The zero-order valence-corrected chi connectivity index (χ0v) is 42.2. The third kappa shape index (κ3) is 22.7. The van der Waals surface area contributed by atoms with Gasteiger partial charge >= 0.3 is 30.0 Å². The number of hydrogen-bond donors (Lipinski definition) is 4. The number of amides is 3. The molecule has 4 aromatic carbocycles. The van der Waals surface area contributed by atoms with E-state index in [-0.39, 0.29) is 30.8 Å². The molecule has 5 N–H and O–H groups in total. The van der Waals surface area contributed by atoms with E-state index in [9.17, 15) is 33.6 Å². The molecule has 0 heterocycles. The molecule has 0 atom stereocenters. The van der Waals surface area contributed by atoms with Crippen LogP contribution < -0.4 is 31.2 Å². The number of rotatable bonds is 21. The fourth-order valence-corrected chi connectivity index (χ4v) is 5.63. The largest absolute Gasteiger partial charge is 0.476 e. The number of nitrogens with two attached hydrogens (primary N) is 1. The smallest absolute Gasteiger partial charge is 0.408 e. The molecule has 21 heteroatoms. The van der Waals surface area contributed by atoms with Crippen molar-refractivity contribution < 1.29 is 66.7 Å². The van der Waals surface area contributed by atoms with Crippen molar-refractivity contribution in [3.05, 3.63) is 129 Å². The maximum Gasteiger partial charge on any atom is 0.408 e. The van der Waals surface area contributed by atoms with Gasteiger partial charge in [0.1, 0.15) is 23.6 Å². The molecule has 0 bridgehead atoms. The molecule has 0 aliphatic heterocycles. The SMILES string of the molecule is CC(C)(C)OC(=O)NCC(=O)OCOC(=O)C(C)(C)Oc1ccc(CCNC(=O)c2ccc(Cl)cc2)cc1.CC(C)(Oc1ccc(CCNC(=O)c2ccc(Cl)cc2)cc1)C(=O)OCOC(=O)CN.Cl. The van der Waals surface area contributed by atoms with E-state index in [1.165, 1.54) is 13.8 Å². The summed E-state index contributed by atoms with van der Waals surface area (Å²) >= 11 is 11.7. The number of ether oxygens (including phenoxy) is 7. The summed E-state index contributed by atoms with van der Waals surface area (Å²) in [5.41, 5.74) is 4.76. The second-order valence-corrected chi connectivity index (χ2v) is 17.6. The predicted octanol–water partition coefficient (Wildman–Crippen LogP) is 6.93. The van der Waals surface area contributed by atoms with E-state index >= 15 is 0 Å². The van der Waals surface area contributed by atoms with Crippen LogP contribution in [-0.4, -0.2) is 98.4 Å². The molecule has 0 aliphatic carbocycles. The lowest BCUT2D eigenvalue weighted by atomic mass is 10.1. The molecule has 18 nitrogen and oxygen atoms in total. The van der Waals surface area contributed by atoms with Gasteiger partial charge in [-0.25, -0.2) is 14.4 Å². The molecule has 0 saturated carbocycles. The van der Waals surface area contributed by atoms with Gasteiger partial charge in [-0.1, -0.05) is 47.5 Å². The Kier molecular flexibility index (Phi) is 24.5. The molecular weight excluding hydrogens is 975 g/mol. The van der Waals surface area contributed by atoms with Gasteiger partial charge in [0.05, 0.1) is 6.54 Å². The number of carbonyl (C=O) groups excluding carboxylic acids is 7. The standard InChI is InChI=1S/C27H33ClN2O8.C22H25ClN2O6.ClH/c1-26(2,3)38-25(34)30-16-22(31)35-17-36-24(33)27(4,5)37-21-12-6-18(7-13-21)14-15-29-23(32)19-8-10-20(28)11-9-19;1-22(2,21(28)30-14-29-19(26)13-24)31-18-9-3-15(4-10-18)11-12-25-20(27)16-5-7-17(23)8-6-16;/h6-13H,14-17H2,1-5H3,(H,29,32)(H,30,34);3-10H,11-14,24H2,1-2H3,(H,25,27);1H. The van der Waals surface area contributed by atoms with Crippen LogP contribution in [0.4, 0.5) is 4.79 Å². The van der Waals surface area contributed by atoms with E-state index in [1.807, 2.05) is 24.3 Å². The van der Waals surface area contributed by atoms with Crippen LogP contribution in [0.15, 0.2) is 97.1 Å². The Bertz CT molecular complexity index is 2340. The summed E-state index contributed by atoms with van der Waals surface area (Å²) < 4.78 is 35.7. The molecule has 4 rings (SSSR count). The van der Waals surface area contributed by atoms with Gasteiger partial charge in [-0.2, -0.15) is 0 Å². The predicted molar refractivity (Wildman–Crippen MR) is 262 cm³/mol. The summed E-state index contributed by atoms with van der Waals surface area (Å²) in [6, 6.07) is 27.5. The van der Waals surface area contributed by atoms with E-state index in [4.69, 9.17) is 57.4 Å². The third-order valence-corrected chi connectivity index (χ3v) is 9.45. The lowest BCUT2D eigenvalue weighted by molar-refractivity contribution is -0.178. The molecule has 3 amide bonds. The number of esters is 4. The molecule has 0 spiro atoms. The summed E-state index contributed by atoms with van der Waals surface area (Å²) in [7, 11) is 0. The molecule has 0 aliphatic rings. The first kappa shape index (κ1) is 59.5. The van der Waals surface area contributed by atoms with Crippen molar-refractivity contribution in [3.8, 4) is 11.5 Å². The van der Waals surface area contributed by atoms with Crippen LogP contribution in [0.1, 0.15) is 80.3 Å². The van der Waals surface area contributed by atoms with Gasteiger partial charge in [0, 0.05) is 34.3 Å². The lowest BCUT2D eigenvalue weighted by Gasteiger charge is -2.24. The van der Waals surface area contributed by atoms with Gasteiger partial charge < -0.3 is 54.8 Å². The molecule has 0 radical (unpaired) electrons. The summed E-state index contributed by atoms with van der Waals surface area (Å²) in [6.07, 6.45) is 0.450. The summed E-state index contributed by atoms with van der Waals surface area (Å²) in [5.74, 6) is -2.38. The second-order valence-electron chi connectivity index (χ2n) is 16.7. The Morgan fingerprint density at radius 2 is 0.886 bits per heavy atom. The average molecular weight is 1030 g/mol. The Hall–Kier alpha value is -6.60. The van der Waals surface area contributed by atoms with Gasteiger partial charge in [0.15, 0.2) is 11.2 Å². The van der Waals surface area contributed by atoms with E-state index < -0.39 is 66.9 Å². The molecule has 380 valence electrons. The van der Waals surface area contributed by atoms with Crippen LogP contribution in [0.3, 0.4) is 0 Å². The molecule has 0 unspecified atom stereocenters. The highest BCUT2D eigenvalue weighted by Gasteiger charge is 2.33. The quantitative estimate of drug-likeness (QED) is 0.0375. The highest BCUT2D eigenvalue weighted by atomic mass is 35.5. The van der Waals surface area contributed by atoms with Crippen LogP contribution in [0.5, 0.6) is 11.5 Å². The van der Waals surface area contributed by atoms with Crippen molar-refractivity contribution >= 4 is 77.4 Å². The third-order valence-electron chi connectivity index (χ3n) is 8.95. The first-order valence-corrected chi connectivity index (χ1v) is 22.2. The Morgan fingerprint density at radius 1 is 0.514 bits per heavy atom. The van der Waals surface area contributed by atoms with Crippen molar-refractivity contribution in [3.63, 3.8) is 0 Å². The molecule has 0 aromatic heterocycles. The second kappa shape index (κ2) is 28.8. The summed E-state index contributed by atoms with van der Waals surface area (Å²) in [4.78, 5) is 83.0. The average Bonchev–Trinajstić information content (AvgIpc) is 3.29. The first-order valence-electron chi connectivity index (χ1n) is 21.4. The number of alkyl carbamates (subject to hydrolysis) is 1. The molecular formula is C49H59Cl3N4O14. The van der Waals surface area contributed by atoms with Crippen molar-refractivity contribution in [1.29, 1.82) is 0 Å². The van der Waals surface area contributed by atoms with E-state index in [0.29, 0.717) is 58.6 Å². The van der Waals surface area contributed by atoms with Gasteiger partial charge in [-0.15, -0.1) is 12.4 Å². The zero-order chi connectivity index (χ0) is 51.2. The van der Waals surface area contributed by atoms with E-state index in [1.54, 1.807) is 107 Å². The number of carbonyl (C=O) groups is 7. The maximum absolute atomic E-state index is 12.4. The summed E-state index contributed by atoms with van der Waals surface area (Å²) in [6.45, 7) is 10.2. The molecule has 4 aromatic rings. The fraction of sp³-hybridized carbons (Fsp3) is 0.367. The molecule has 70 heavy (non-hydrogen) atoms.